The Morgan fingerprint density at radius 3 is 2.29 bits per heavy atom. The van der Waals surface area contributed by atoms with Crippen molar-refractivity contribution >= 4 is 9.84 Å². The highest BCUT2D eigenvalue weighted by Gasteiger charge is 2.33. The van der Waals surface area contributed by atoms with Crippen LogP contribution in [0.3, 0.4) is 0 Å². The van der Waals surface area contributed by atoms with Crippen molar-refractivity contribution in [3.8, 4) is 0 Å². The topological polar surface area (TPSA) is 60.2 Å². The summed E-state index contributed by atoms with van der Waals surface area (Å²) in [6.45, 7) is 4.34. The van der Waals surface area contributed by atoms with Crippen molar-refractivity contribution in [2.24, 2.45) is 17.6 Å². The Hall–Kier alpha value is -0.0900. The van der Waals surface area contributed by atoms with E-state index in [0.29, 0.717) is 11.8 Å². The quantitative estimate of drug-likeness (QED) is 0.826. The summed E-state index contributed by atoms with van der Waals surface area (Å²) in [5, 5.41) is -0.151. The lowest BCUT2D eigenvalue weighted by molar-refractivity contribution is 0.236. The highest BCUT2D eigenvalue weighted by molar-refractivity contribution is 7.91. The van der Waals surface area contributed by atoms with Gasteiger partial charge in [-0.3, -0.25) is 0 Å². The zero-order chi connectivity index (χ0) is 13.1. The first kappa shape index (κ1) is 15.0. The van der Waals surface area contributed by atoms with E-state index in [1.54, 1.807) is 0 Å². The van der Waals surface area contributed by atoms with E-state index in [-0.39, 0.29) is 11.3 Å². The number of hydrogen-bond donors (Lipinski definition) is 1. The van der Waals surface area contributed by atoms with Gasteiger partial charge in [0.15, 0.2) is 0 Å². The summed E-state index contributed by atoms with van der Waals surface area (Å²) in [4.78, 5) is 0. The molecule has 3 nitrogen and oxygen atoms in total. The van der Waals surface area contributed by atoms with Gasteiger partial charge in [-0.15, -0.1) is 0 Å². The van der Waals surface area contributed by atoms with Gasteiger partial charge in [0.1, 0.15) is 9.84 Å². The summed E-state index contributed by atoms with van der Waals surface area (Å²) in [7, 11) is -2.89. The summed E-state index contributed by atoms with van der Waals surface area (Å²) in [6.07, 6.45) is 7.26. The van der Waals surface area contributed by atoms with E-state index in [0.717, 1.165) is 38.5 Å². The second-order valence-corrected chi connectivity index (χ2v) is 7.86. The van der Waals surface area contributed by atoms with Crippen LogP contribution in [-0.4, -0.2) is 26.0 Å². The van der Waals surface area contributed by atoms with Crippen molar-refractivity contribution in [3.63, 3.8) is 0 Å². The second-order valence-electron chi connectivity index (χ2n) is 5.53. The minimum absolute atomic E-state index is 0.151. The molecule has 4 heteroatoms. The Morgan fingerprint density at radius 2 is 1.82 bits per heavy atom. The molecule has 0 amide bonds. The fourth-order valence-electron chi connectivity index (χ4n) is 3.14. The molecule has 0 aromatic rings. The first-order valence-corrected chi connectivity index (χ1v) is 8.80. The Morgan fingerprint density at radius 1 is 1.24 bits per heavy atom. The fourth-order valence-corrected chi connectivity index (χ4v) is 4.33. The van der Waals surface area contributed by atoms with Crippen LogP contribution in [-0.2, 0) is 9.84 Å². The Balaban J connectivity index is 2.66. The van der Waals surface area contributed by atoms with E-state index in [2.05, 4.69) is 13.8 Å². The zero-order valence-corrected chi connectivity index (χ0v) is 12.2. The van der Waals surface area contributed by atoms with Crippen molar-refractivity contribution in [3.05, 3.63) is 0 Å². The first-order chi connectivity index (χ1) is 7.90. The summed E-state index contributed by atoms with van der Waals surface area (Å²) < 4.78 is 23.2. The van der Waals surface area contributed by atoms with E-state index in [4.69, 9.17) is 5.73 Å². The maximum absolute atomic E-state index is 11.6. The number of sulfone groups is 1. The van der Waals surface area contributed by atoms with Crippen LogP contribution < -0.4 is 5.73 Å². The molecule has 0 spiro atoms. The standard InChI is InChI=1S/C13H27NO2S/c1-4-10(5-2)13(14)11-7-6-8-12(9-11)17(3,15)16/h10-13H,4-9,14H2,1-3H3. The van der Waals surface area contributed by atoms with Crippen LogP contribution in [0.1, 0.15) is 52.4 Å². The molecule has 1 aliphatic carbocycles. The third-order valence-corrected chi connectivity index (χ3v) is 6.05. The summed E-state index contributed by atoms with van der Waals surface area (Å²) in [6, 6.07) is 0.176. The van der Waals surface area contributed by atoms with Crippen LogP contribution >= 0.6 is 0 Å². The maximum Gasteiger partial charge on any atom is 0.150 e. The molecule has 0 radical (unpaired) electrons. The Labute approximate surface area is 106 Å². The minimum atomic E-state index is -2.89. The molecule has 2 N–H and O–H groups in total. The van der Waals surface area contributed by atoms with Gasteiger partial charge in [-0.05, 0) is 31.1 Å². The van der Waals surface area contributed by atoms with Crippen LogP contribution in [0.2, 0.25) is 0 Å². The lowest BCUT2D eigenvalue weighted by Crippen LogP contribution is -2.41. The van der Waals surface area contributed by atoms with Crippen molar-refractivity contribution in [1.29, 1.82) is 0 Å². The van der Waals surface area contributed by atoms with E-state index in [1.807, 2.05) is 0 Å². The molecule has 0 bridgehead atoms. The van der Waals surface area contributed by atoms with Gasteiger partial charge in [-0.1, -0.05) is 33.1 Å². The smallest absolute Gasteiger partial charge is 0.150 e. The number of rotatable bonds is 5. The van der Waals surface area contributed by atoms with E-state index in [9.17, 15) is 8.42 Å². The molecule has 17 heavy (non-hydrogen) atoms. The molecule has 1 aliphatic rings. The molecule has 0 aromatic carbocycles. The minimum Gasteiger partial charge on any atom is -0.327 e. The Kier molecular flexibility index (Phi) is 5.45. The average Bonchev–Trinajstić information content (AvgIpc) is 2.29. The number of nitrogens with two attached hydrogens (primary N) is 1. The molecule has 3 unspecified atom stereocenters. The van der Waals surface area contributed by atoms with Crippen LogP contribution in [0.25, 0.3) is 0 Å². The van der Waals surface area contributed by atoms with Crippen molar-refractivity contribution in [2.75, 3.05) is 6.26 Å². The monoisotopic (exact) mass is 261 g/mol. The molecule has 3 atom stereocenters. The molecule has 0 saturated heterocycles. The molecule has 0 aliphatic heterocycles. The molecule has 1 fully saturated rings. The largest absolute Gasteiger partial charge is 0.327 e. The predicted molar refractivity (Wildman–Crippen MR) is 72.6 cm³/mol. The van der Waals surface area contributed by atoms with Crippen LogP contribution in [0.5, 0.6) is 0 Å². The van der Waals surface area contributed by atoms with Gasteiger partial charge in [0.05, 0.1) is 5.25 Å². The summed E-state index contributed by atoms with van der Waals surface area (Å²) in [5.41, 5.74) is 6.32. The van der Waals surface area contributed by atoms with Gasteiger partial charge in [-0.25, -0.2) is 8.42 Å². The van der Waals surface area contributed by atoms with E-state index >= 15 is 0 Å². The number of hydrogen-bond acceptors (Lipinski definition) is 3. The Bertz CT molecular complexity index is 322. The first-order valence-electron chi connectivity index (χ1n) is 6.84. The van der Waals surface area contributed by atoms with Gasteiger partial charge >= 0.3 is 0 Å². The summed E-state index contributed by atoms with van der Waals surface area (Å²) >= 11 is 0. The van der Waals surface area contributed by atoms with Gasteiger partial charge in [0.2, 0.25) is 0 Å². The molecule has 0 heterocycles. The molecular weight excluding hydrogens is 234 g/mol. The predicted octanol–water partition coefficient (Wildman–Crippen LogP) is 2.35. The third kappa shape index (κ3) is 3.95. The zero-order valence-electron chi connectivity index (χ0n) is 11.4. The normalized spacial score (nSPS) is 28.3. The lowest BCUT2D eigenvalue weighted by Gasteiger charge is -2.35. The lowest BCUT2D eigenvalue weighted by atomic mass is 9.77. The third-order valence-electron chi connectivity index (χ3n) is 4.41. The molecular formula is C13H27NO2S. The molecule has 102 valence electrons. The molecule has 1 rings (SSSR count). The van der Waals surface area contributed by atoms with Crippen LogP contribution in [0.15, 0.2) is 0 Å². The van der Waals surface area contributed by atoms with E-state index < -0.39 is 9.84 Å². The van der Waals surface area contributed by atoms with Gasteiger partial charge in [-0.2, -0.15) is 0 Å². The van der Waals surface area contributed by atoms with Crippen LogP contribution in [0.4, 0.5) is 0 Å². The fraction of sp³-hybridized carbons (Fsp3) is 1.00. The highest BCUT2D eigenvalue weighted by atomic mass is 32.2. The van der Waals surface area contributed by atoms with E-state index in [1.165, 1.54) is 6.26 Å². The van der Waals surface area contributed by atoms with Gasteiger partial charge in [0, 0.05) is 12.3 Å². The van der Waals surface area contributed by atoms with Crippen molar-refractivity contribution in [1.82, 2.24) is 0 Å². The van der Waals surface area contributed by atoms with Gasteiger partial charge < -0.3 is 5.73 Å². The average molecular weight is 261 g/mol. The van der Waals surface area contributed by atoms with Crippen molar-refractivity contribution in [2.45, 2.75) is 63.7 Å². The molecule has 1 saturated carbocycles. The van der Waals surface area contributed by atoms with Crippen molar-refractivity contribution < 1.29 is 8.42 Å². The SMILES string of the molecule is CCC(CC)C(N)C1CCCC(S(C)(=O)=O)C1. The van der Waals surface area contributed by atoms with Crippen LogP contribution in [0, 0.1) is 11.8 Å². The summed E-state index contributed by atoms with van der Waals surface area (Å²) in [5.74, 6) is 0.937. The molecule has 0 aromatic heterocycles. The highest BCUT2D eigenvalue weighted by Crippen LogP contribution is 2.33. The van der Waals surface area contributed by atoms with Gasteiger partial charge in [0.25, 0.3) is 0 Å². The maximum atomic E-state index is 11.6. The second kappa shape index (κ2) is 6.19.